The minimum atomic E-state index is -3.35. The van der Waals surface area contributed by atoms with Crippen LogP contribution in [-0.4, -0.2) is 24.7 Å². The second-order valence-corrected chi connectivity index (χ2v) is 7.24. The van der Waals surface area contributed by atoms with Gasteiger partial charge in [0.1, 0.15) is 0 Å². The SMILES string of the molecule is NC(CC(=O)O)c1ccc(S(=O)(=O)C2CC2)c(Cl)c1. The largest absolute Gasteiger partial charge is 0.481 e. The fourth-order valence-corrected chi connectivity index (χ4v) is 4.06. The van der Waals surface area contributed by atoms with Crippen LogP contribution in [-0.2, 0) is 14.6 Å². The van der Waals surface area contributed by atoms with Crippen molar-refractivity contribution in [3.8, 4) is 0 Å². The van der Waals surface area contributed by atoms with Gasteiger partial charge in [-0.05, 0) is 30.5 Å². The van der Waals surface area contributed by atoms with E-state index in [2.05, 4.69) is 0 Å². The van der Waals surface area contributed by atoms with Gasteiger partial charge in [-0.15, -0.1) is 0 Å². The molecule has 0 saturated heterocycles. The fourth-order valence-electron chi connectivity index (χ4n) is 1.84. The Bertz CT molecular complexity index is 610. The average molecular weight is 304 g/mol. The molecule has 1 aliphatic carbocycles. The third-order valence-corrected chi connectivity index (χ3v) is 5.79. The molecule has 1 fully saturated rings. The Kier molecular flexibility index (Phi) is 3.85. The molecule has 0 heterocycles. The van der Waals surface area contributed by atoms with Gasteiger partial charge < -0.3 is 10.8 Å². The normalized spacial score (nSPS) is 17.2. The number of aliphatic carboxylic acids is 1. The van der Waals surface area contributed by atoms with Gasteiger partial charge in [0.15, 0.2) is 9.84 Å². The number of carbonyl (C=O) groups is 1. The topological polar surface area (TPSA) is 97.5 Å². The van der Waals surface area contributed by atoms with Crippen molar-refractivity contribution in [3.63, 3.8) is 0 Å². The minimum Gasteiger partial charge on any atom is -0.481 e. The minimum absolute atomic E-state index is 0.0999. The van der Waals surface area contributed by atoms with E-state index in [1.165, 1.54) is 18.2 Å². The second-order valence-electron chi connectivity index (χ2n) is 4.64. The molecule has 0 aromatic heterocycles. The van der Waals surface area contributed by atoms with Gasteiger partial charge in [0.05, 0.1) is 21.6 Å². The number of rotatable bonds is 5. The summed E-state index contributed by atoms with van der Waals surface area (Å²) in [6, 6.07) is 3.67. The molecule has 1 atom stereocenters. The molecule has 0 radical (unpaired) electrons. The van der Waals surface area contributed by atoms with Crippen molar-refractivity contribution in [2.75, 3.05) is 0 Å². The molecular weight excluding hydrogens is 290 g/mol. The first kappa shape index (κ1) is 14.3. The van der Waals surface area contributed by atoms with E-state index in [-0.39, 0.29) is 21.6 Å². The summed E-state index contributed by atoms with van der Waals surface area (Å²) in [4.78, 5) is 10.7. The van der Waals surface area contributed by atoms with Crippen LogP contribution < -0.4 is 5.73 Å². The number of hydrogen-bond donors (Lipinski definition) is 2. The molecule has 0 spiro atoms. The summed E-state index contributed by atoms with van der Waals surface area (Å²) < 4.78 is 24.1. The molecule has 0 aliphatic heterocycles. The van der Waals surface area contributed by atoms with Gasteiger partial charge in [0, 0.05) is 6.04 Å². The van der Waals surface area contributed by atoms with Gasteiger partial charge in [-0.1, -0.05) is 17.7 Å². The number of benzene rings is 1. The lowest BCUT2D eigenvalue weighted by atomic mass is 10.1. The highest BCUT2D eigenvalue weighted by molar-refractivity contribution is 7.92. The van der Waals surface area contributed by atoms with Crippen molar-refractivity contribution >= 4 is 27.4 Å². The molecule has 1 aromatic rings. The van der Waals surface area contributed by atoms with E-state index in [9.17, 15) is 13.2 Å². The molecule has 2 rings (SSSR count). The lowest BCUT2D eigenvalue weighted by Gasteiger charge is -2.12. The highest BCUT2D eigenvalue weighted by atomic mass is 35.5. The molecule has 0 bridgehead atoms. The summed E-state index contributed by atoms with van der Waals surface area (Å²) in [7, 11) is -3.35. The summed E-state index contributed by atoms with van der Waals surface area (Å²) >= 11 is 5.98. The number of nitrogens with two attached hydrogens (primary N) is 1. The number of sulfone groups is 1. The Morgan fingerprint density at radius 2 is 2.11 bits per heavy atom. The number of hydrogen-bond acceptors (Lipinski definition) is 4. The van der Waals surface area contributed by atoms with Crippen LogP contribution in [0.1, 0.15) is 30.9 Å². The lowest BCUT2D eigenvalue weighted by Crippen LogP contribution is -2.15. The summed E-state index contributed by atoms with van der Waals surface area (Å²) in [6.07, 6.45) is 1.10. The van der Waals surface area contributed by atoms with E-state index in [4.69, 9.17) is 22.4 Å². The van der Waals surface area contributed by atoms with Crippen molar-refractivity contribution in [2.45, 2.75) is 35.4 Å². The summed E-state index contributed by atoms with van der Waals surface area (Å²) in [5.74, 6) is -1.02. The van der Waals surface area contributed by atoms with Crippen LogP contribution in [0.2, 0.25) is 5.02 Å². The third kappa shape index (κ3) is 3.08. The maximum atomic E-state index is 12.1. The molecule has 104 valence electrons. The van der Waals surface area contributed by atoms with Gasteiger partial charge in [-0.2, -0.15) is 0 Å². The Morgan fingerprint density at radius 3 is 2.58 bits per heavy atom. The average Bonchev–Trinajstić information content (AvgIpc) is 3.11. The van der Waals surface area contributed by atoms with Crippen molar-refractivity contribution in [1.82, 2.24) is 0 Å². The van der Waals surface area contributed by atoms with E-state index < -0.39 is 21.8 Å². The van der Waals surface area contributed by atoms with Crippen molar-refractivity contribution in [3.05, 3.63) is 28.8 Å². The second kappa shape index (κ2) is 5.11. The Balaban J connectivity index is 2.29. The Hall–Kier alpha value is -1.11. The smallest absolute Gasteiger partial charge is 0.305 e. The third-order valence-electron chi connectivity index (χ3n) is 3.05. The van der Waals surface area contributed by atoms with Gasteiger partial charge in [0.2, 0.25) is 0 Å². The van der Waals surface area contributed by atoms with E-state index >= 15 is 0 Å². The summed E-state index contributed by atoms with van der Waals surface area (Å²) in [5, 5.41) is 8.44. The van der Waals surface area contributed by atoms with E-state index in [1.807, 2.05) is 0 Å². The van der Waals surface area contributed by atoms with Crippen molar-refractivity contribution in [2.24, 2.45) is 5.73 Å². The molecule has 7 heteroatoms. The van der Waals surface area contributed by atoms with Crippen molar-refractivity contribution < 1.29 is 18.3 Å². The van der Waals surface area contributed by atoms with Gasteiger partial charge in [-0.25, -0.2) is 8.42 Å². The highest BCUT2D eigenvalue weighted by Gasteiger charge is 2.38. The molecule has 19 heavy (non-hydrogen) atoms. The van der Waals surface area contributed by atoms with E-state index in [0.717, 1.165) is 0 Å². The Morgan fingerprint density at radius 1 is 1.47 bits per heavy atom. The van der Waals surface area contributed by atoms with Crippen molar-refractivity contribution in [1.29, 1.82) is 0 Å². The van der Waals surface area contributed by atoms with Crippen LogP contribution >= 0.6 is 11.6 Å². The van der Waals surface area contributed by atoms with Crippen LogP contribution in [0.3, 0.4) is 0 Å². The first-order valence-electron chi connectivity index (χ1n) is 5.83. The monoisotopic (exact) mass is 303 g/mol. The molecule has 1 aliphatic rings. The molecular formula is C12H14ClNO4S. The molecule has 0 amide bonds. The van der Waals surface area contributed by atoms with Gasteiger partial charge in [-0.3, -0.25) is 4.79 Å². The predicted molar refractivity (Wildman–Crippen MR) is 70.8 cm³/mol. The van der Waals surface area contributed by atoms with Crippen LogP contribution in [0.5, 0.6) is 0 Å². The first-order chi connectivity index (χ1) is 8.82. The molecule has 1 unspecified atom stereocenters. The first-order valence-corrected chi connectivity index (χ1v) is 7.75. The van der Waals surface area contributed by atoms with Crippen LogP contribution in [0, 0.1) is 0 Å². The van der Waals surface area contributed by atoms with Crippen LogP contribution in [0.25, 0.3) is 0 Å². The highest BCUT2D eigenvalue weighted by Crippen LogP contribution is 2.37. The maximum absolute atomic E-state index is 12.1. The predicted octanol–water partition coefficient (Wildman–Crippen LogP) is 1.75. The van der Waals surface area contributed by atoms with E-state index in [1.54, 1.807) is 0 Å². The zero-order valence-electron chi connectivity index (χ0n) is 10.0. The van der Waals surface area contributed by atoms with Gasteiger partial charge in [0.25, 0.3) is 0 Å². The molecule has 3 N–H and O–H groups in total. The standard InChI is InChI=1S/C12H14ClNO4S/c13-9-5-7(10(14)6-12(15)16)1-4-11(9)19(17,18)8-2-3-8/h1,4-5,8,10H,2-3,6,14H2,(H,15,16). The number of carboxylic acids is 1. The molecule has 1 saturated carbocycles. The quantitative estimate of drug-likeness (QED) is 0.863. The molecule has 5 nitrogen and oxygen atoms in total. The van der Waals surface area contributed by atoms with Crippen LogP contribution in [0.4, 0.5) is 0 Å². The number of carboxylic acid groups (broad SMARTS) is 1. The summed E-state index contributed by atoms with van der Waals surface area (Å²) in [6.45, 7) is 0. The van der Waals surface area contributed by atoms with Crippen LogP contribution in [0.15, 0.2) is 23.1 Å². The fraction of sp³-hybridized carbons (Fsp3) is 0.417. The van der Waals surface area contributed by atoms with Gasteiger partial charge >= 0.3 is 5.97 Å². The zero-order chi connectivity index (χ0) is 14.2. The van der Waals surface area contributed by atoms with E-state index in [0.29, 0.717) is 18.4 Å². The summed E-state index contributed by atoms with van der Waals surface area (Å²) in [5.41, 5.74) is 6.22. The molecule has 1 aromatic carbocycles. The lowest BCUT2D eigenvalue weighted by molar-refractivity contribution is -0.137. The Labute approximate surface area is 116 Å². The number of halogens is 1. The maximum Gasteiger partial charge on any atom is 0.305 e. The zero-order valence-corrected chi connectivity index (χ0v) is 11.6.